The quantitative estimate of drug-likeness (QED) is 0.793. The van der Waals surface area contributed by atoms with Crippen molar-refractivity contribution < 1.29 is 4.74 Å². The van der Waals surface area contributed by atoms with E-state index in [1.807, 2.05) is 37.3 Å². The van der Waals surface area contributed by atoms with Crippen LogP contribution in [-0.4, -0.2) is 6.10 Å². The van der Waals surface area contributed by atoms with Crippen molar-refractivity contribution in [2.45, 2.75) is 52.7 Å². The highest BCUT2D eigenvalue weighted by Crippen LogP contribution is 2.29. The second-order valence-corrected chi connectivity index (χ2v) is 7.73. The molecule has 0 aliphatic heterocycles. The lowest BCUT2D eigenvalue weighted by molar-refractivity contribution is 0.242. The van der Waals surface area contributed by atoms with Crippen molar-refractivity contribution in [1.29, 1.82) is 0 Å². The molecule has 0 fully saturated rings. The first-order valence-corrected chi connectivity index (χ1v) is 8.26. The van der Waals surface area contributed by atoms with Crippen LogP contribution in [0.5, 0.6) is 5.75 Å². The Morgan fingerprint density at radius 3 is 2.24 bits per heavy atom. The number of hydrogen-bond donors (Lipinski definition) is 1. The number of hydrogen-bond acceptors (Lipinski definition) is 3. The Labute approximate surface area is 132 Å². The van der Waals surface area contributed by atoms with Crippen molar-refractivity contribution in [2.75, 3.05) is 5.32 Å². The summed E-state index contributed by atoms with van der Waals surface area (Å²) in [7, 11) is 0. The van der Waals surface area contributed by atoms with E-state index >= 15 is 0 Å². The maximum absolute atomic E-state index is 5.65. The maximum atomic E-state index is 5.65. The van der Waals surface area contributed by atoms with E-state index in [9.17, 15) is 0 Å². The van der Waals surface area contributed by atoms with Gasteiger partial charge in [0.1, 0.15) is 5.75 Å². The summed E-state index contributed by atoms with van der Waals surface area (Å²) in [5.74, 6) is 0.918. The van der Waals surface area contributed by atoms with E-state index < -0.39 is 0 Å². The Balaban J connectivity index is 1.92. The molecule has 0 unspecified atom stereocenters. The van der Waals surface area contributed by atoms with Crippen molar-refractivity contribution in [3.8, 4) is 5.75 Å². The lowest BCUT2D eigenvalue weighted by Gasteiger charge is -2.15. The molecule has 2 aromatic rings. The molecule has 2 rings (SSSR count). The molecule has 0 saturated carbocycles. The Morgan fingerprint density at radius 2 is 1.71 bits per heavy atom. The predicted octanol–water partition coefficient (Wildman–Crippen LogP) is 5.44. The van der Waals surface area contributed by atoms with Gasteiger partial charge < -0.3 is 10.1 Å². The fourth-order valence-electron chi connectivity index (χ4n) is 1.99. The molecular weight excluding hydrogens is 278 g/mol. The Bertz CT molecular complexity index is 564. The summed E-state index contributed by atoms with van der Waals surface area (Å²) in [4.78, 5) is 2.79. The van der Waals surface area contributed by atoms with E-state index in [-0.39, 0.29) is 11.5 Å². The maximum Gasteiger partial charge on any atom is 0.119 e. The summed E-state index contributed by atoms with van der Waals surface area (Å²) in [6, 6.07) is 12.6. The summed E-state index contributed by atoms with van der Waals surface area (Å²) in [5.41, 5.74) is 1.36. The summed E-state index contributed by atoms with van der Waals surface area (Å²) in [5, 5.41) is 3.46. The summed E-state index contributed by atoms with van der Waals surface area (Å²) in [6.45, 7) is 11.7. The minimum Gasteiger partial charge on any atom is -0.491 e. The highest BCUT2D eigenvalue weighted by molar-refractivity contribution is 7.12. The molecular formula is C18H25NOS. The van der Waals surface area contributed by atoms with E-state index in [1.165, 1.54) is 9.75 Å². The van der Waals surface area contributed by atoms with E-state index in [0.717, 1.165) is 18.0 Å². The van der Waals surface area contributed by atoms with Gasteiger partial charge in [0.2, 0.25) is 0 Å². The van der Waals surface area contributed by atoms with Gasteiger partial charge in [0.15, 0.2) is 0 Å². The molecule has 0 bridgehead atoms. The predicted molar refractivity (Wildman–Crippen MR) is 92.6 cm³/mol. The van der Waals surface area contributed by atoms with Crippen LogP contribution in [-0.2, 0) is 12.0 Å². The van der Waals surface area contributed by atoms with Gasteiger partial charge in [-0.15, -0.1) is 11.3 Å². The number of benzene rings is 1. The molecule has 3 heteroatoms. The standard InChI is InChI=1S/C18H25NOS/c1-13(2)20-15-8-6-14(7-9-15)19-12-16-10-11-17(21-16)18(3,4)5/h6-11,13,19H,12H2,1-5H3. The van der Waals surface area contributed by atoms with Gasteiger partial charge in [-0.1, -0.05) is 20.8 Å². The molecule has 1 heterocycles. The lowest BCUT2D eigenvalue weighted by atomic mass is 9.95. The molecule has 0 radical (unpaired) electrons. The summed E-state index contributed by atoms with van der Waals surface area (Å²) in [6.07, 6.45) is 0.214. The second-order valence-electron chi connectivity index (χ2n) is 6.56. The zero-order valence-electron chi connectivity index (χ0n) is 13.6. The summed E-state index contributed by atoms with van der Waals surface area (Å²) >= 11 is 1.88. The fourth-order valence-corrected chi connectivity index (χ4v) is 2.99. The normalized spacial score (nSPS) is 11.7. The molecule has 21 heavy (non-hydrogen) atoms. The van der Waals surface area contributed by atoms with Crippen molar-refractivity contribution in [1.82, 2.24) is 0 Å². The molecule has 0 atom stereocenters. The average molecular weight is 303 g/mol. The molecule has 1 aromatic heterocycles. The van der Waals surface area contributed by atoms with E-state index in [2.05, 4.69) is 50.4 Å². The summed E-state index contributed by atoms with van der Waals surface area (Å²) < 4.78 is 5.65. The van der Waals surface area contributed by atoms with Crippen LogP contribution >= 0.6 is 11.3 Å². The molecule has 1 aromatic carbocycles. The number of rotatable bonds is 5. The molecule has 114 valence electrons. The van der Waals surface area contributed by atoms with Gasteiger partial charge in [-0.05, 0) is 55.7 Å². The van der Waals surface area contributed by atoms with E-state index in [1.54, 1.807) is 0 Å². The molecule has 0 spiro atoms. The molecule has 0 saturated heterocycles. The highest BCUT2D eigenvalue weighted by atomic mass is 32.1. The van der Waals surface area contributed by atoms with Crippen LogP contribution in [0.3, 0.4) is 0 Å². The van der Waals surface area contributed by atoms with Crippen LogP contribution in [0.2, 0.25) is 0 Å². The smallest absolute Gasteiger partial charge is 0.119 e. The number of thiophene rings is 1. The highest BCUT2D eigenvalue weighted by Gasteiger charge is 2.15. The Morgan fingerprint density at radius 1 is 1.05 bits per heavy atom. The third kappa shape index (κ3) is 4.78. The van der Waals surface area contributed by atoms with Crippen molar-refractivity contribution >= 4 is 17.0 Å². The third-order valence-corrected chi connectivity index (χ3v) is 4.60. The zero-order chi connectivity index (χ0) is 15.5. The van der Waals surface area contributed by atoms with Crippen LogP contribution in [0.1, 0.15) is 44.4 Å². The first-order valence-electron chi connectivity index (χ1n) is 7.44. The number of anilines is 1. The zero-order valence-corrected chi connectivity index (χ0v) is 14.4. The van der Waals surface area contributed by atoms with Crippen LogP contribution in [0.25, 0.3) is 0 Å². The SMILES string of the molecule is CC(C)Oc1ccc(NCc2ccc(C(C)(C)C)s2)cc1. The topological polar surface area (TPSA) is 21.3 Å². The van der Waals surface area contributed by atoms with Gasteiger partial charge in [-0.3, -0.25) is 0 Å². The minimum absolute atomic E-state index is 0.214. The van der Waals surface area contributed by atoms with Crippen molar-refractivity contribution in [2.24, 2.45) is 0 Å². The Kier molecular flexibility index (Phi) is 4.94. The van der Waals surface area contributed by atoms with Gasteiger partial charge in [0, 0.05) is 22.0 Å². The third-order valence-electron chi connectivity index (χ3n) is 3.09. The first kappa shape index (κ1) is 15.9. The van der Waals surface area contributed by atoms with Crippen LogP contribution < -0.4 is 10.1 Å². The van der Waals surface area contributed by atoms with E-state index in [4.69, 9.17) is 4.74 Å². The lowest BCUT2D eigenvalue weighted by Crippen LogP contribution is -2.07. The second kappa shape index (κ2) is 6.52. The monoisotopic (exact) mass is 303 g/mol. The number of ether oxygens (including phenoxy) is 1. The van der Waals surface area contributed by atoms with Crippen LogP contribution in [0, 0.1) is 0 Å². The average Bonchev–Trinajstić information content (AvgIpc) is 2.86. The Hall–Kier alpha value is -1.48. The van der Waals surface area contributed by atoms with E-state index in [0.29, 0.717) is 0 Å². The van der Waals surface area contributed by atoms with Gasteiger partial charge in [-0.2, -0.15) is 0 Å². The van der Waals surface area contributed by atoms with Crippen LogP contribution in [0.15, 0.2) is 36.4 Å². The molecule has 1 N–H and O–H groups in total. The fraction of sp³-hybridized carbons (Fsp3) is 0.444. The van der Waals surface area contributed by atoms with Crippen molar-refractivity contribution in [3.63, 3.8) is 0 Å². The van der Waals surface area contributed by atoms with Gasteiger partial charge in [-0.25, -0.2) is 0 Å². The largest absolute Gasteiger partial charge is 0.491 e. The van der Waals surface area contributed by atoms with Crippen molar-refractivity contribution in [3.05, 3.63) is 46.2 Å². The van der Waals surface area contributed by atoms with Gasteiger partial charge in [0.05, 0.1) is 6.10 Å². The van der Waals surface area contributed by atoms with Gasteiger partial charge in [0.25, 0.3) is 0 Å². The van der Waals surface area contributed by atoms with Gasteiger partial charge >= 0.3 is 0 Å². The van der Waals surface area contributed by atoms with Crippen LogP contribution in [0.4, 0.5) is 5.69 Å². The molecule has 0 aliphatic carbocycles. The molecule has 2 nitrogen and oxygen atoms in total. The first-order chi connectivity index (χ1) is 9.84. The molecule has 0 aliphatic rings. The number of nitrogens with one attached hydrogen (secondary N) is 1. The minimum atomic E-state index is 0.214. The molecule has 0 amide bonds.